The van der Waals surface area contributed by atoms with Crippen molar-refractivity contribution in [3.63, 3.8) is 0 Å². The molecule has 0 radical (unpaired) electrons. The van der Waals surface area contributed by atoms with Gasteiger partial charge in [-0.3, -0.25) is 14.4 Å². The first-order chi connectivity index (χ1) is 18.6. The molecule has 5 aliphatic rings. The van der Waals surface area contributed by atoms with Crippen LogP contribution >= 0.6 is 0 Å². The molecule has 40 heavy (non-hydrogen) atoms. The number of nitrogens with zero attached hydrogens (tertiary/aromatic N) is 1. The molecule has 1 aromatic rings. The van der Waals surface area contributed by atoms with Gasteiger partial charge in [-0.15, -0.1) is 0 Å². The number of aromatic nitrogens is 1. The fraction of sp³-hybridized carbons (Fsp3) is 0.758. The van der Waals surface area contributed by atoms with Gasteiger partial charge in [-0.25, -0.2) is 0 Å². The number of fused-ring (bicyclic) bond motifs is 8. The molecule has 0 saturated heterocycles. The Hall–Kier alpha value is -2.44. The molecule has 0 amide bonds. The molecular weight excluding hydrogens is 506 g/mol. The lowest BCUT2D eigenvalue weighted by Crippen LogP contribution is -2.66. The topological polar surface area (TPSA) is 95.7 Å². The van der Waals surface area contributed by atoms with E-state index in [4.69, 9.17) is 14.0 Å². The third-order valence-corrected chi connectivity index (χ3v) is 13.2. The molecule has 218 valence electrons. The molecule has 5 aliphatic carbocycles. The van der Waals surface area contributed by atoms with Crippen molar-refractivity contribution in [1.29, 1.82) is 0 Å². The lowest BCUT2D eigenvalue weighted by atomic mass is 9.34. The number of rotatable bonds is 2. The second kappa shape index (κ2) is 8.32. The molecule has 0 bridgehead atoms. The van der Waals surface area contributed by atoms with E-state index in [1.807, 2.05) is 13.0 Å². The zero-order valence-electron chi connectivity index (χ0n) is 25.4. The first-order valence-electron chi connectivity index (χ1n) is 15.0. The number of carbonyl (C=O) groups excluding carboxylic acids is 3. The molecule has 3 fully saturated rings. The van der Waals surface area contributed by atoms with Crippen LogP contribution in [0.15, 0.2) is 22.4 Å². The Morgan fingerprint density at radius 3 is 2.30 bits per heavy atom. The number of hydrogen-bond donors (Lipinski definition) is 0. The molecule has 0 spiro atoms. The molecule has 3 saturated carbocycles. The summed E-state index contributed by atoms with van der Waals surface area (Å²) in [5.74, 6) is -0.0967. The molecule has 8 atom stereocenters. The van der Waals surface area contributed by atoms with Gasteiger partial charge in [-0.1, -0.05) is 45.3 Å². The van der Waals surface area contributed by atoms with E-state index in [2.05, 4.69) is 39.8 Å². The molecule has 6 rings (SSSR count). The predicted octanol–water partition coefficient (Wildman–Crippen LogP) is 6.00. The van der Waals surface area contributed by atoms with E-state index >= 15 is 0 Å². The van der Waals surface area contributed by atoms with Gasteiger partial charge in [-0.05, 0) is 97.9 Å². The molecule has 0 aliphatic heterocycles. The third-order valence-electron chi connectivity index (χ3n) is 13.2. The van der Waals surface area contributed by atoms with Gasteiger partial charge >= 0.3 is 11.9 Å². The van der Waals surface area contributed by atoms with Crippen LogP contribution in [0.3, 0.4) is 0 Å². The Balaban J connectivity index is 1.52. The van der Waals surface area contributed by atoms with E-state index in [0.29, 0.717) is 12.2 Å². The van der Waals surface area contributed by atoms with Crippen molar-refractivity contribution in [2.24, 2.45) is 44.8 Å². The Kier molecular flexibility index (Phi) is 5.76. The van der Waals surface area contributed by atoms with Gasteiger partial charge in [-0.2, -0.15) is 0 Å². The maximum atomic E-state index is 14.6. The normalized spacial score (nSPS) is 45.0. The molecule has 1 heterocycles. The summed E-state index contributed by atoms with van der Waals surface area (Å²) in [5, 5.41) is 4.10. The fourth-order valence-corrected chi connectivity index (χ4v) is 11.0. The van der Waals surface area contributed by atoms with Crippen LogP contribution in [0.2, 0.25) is 0 Å². The molecule has 7 nitrogen and oxygen atoms in total. The first kappa shape index (κ1) is 27.7. The quantitative estimate of drug-likeness (QED) is 0.416. The average Bonchev–Trinajstić information content (AvgIpc) is 3.37. The summed E-state index contributed by atoms with van der Waals surface area (Å²) in [6.45, 7) is 13.4. The fourth-order valence-electron chi connectivity index (χ4n) is 11.0. The molecule has 0 unspecified atom stereocenters. The lowest BCUT2D eigenvalue weighted by molar-refractivity contribution is -0.192. The minimum atomic E-state index is -0.990. The summed E-state index contributed by atoms with van der Waals surface area (Å²) in [4.78, 5) is 41.5. The highest BCUT2D eigenvalue weighted by Gasteiger charge is 2.72. The molecule has 7 heteroatoms. The number of allylic oxidation sites excluding steroid dienone is 2. The van der Waals surface area contributed by atoms with Crippen LogP contribution in [-0.2, 0) is 35.7 Å². The van der Waals surface area contributed by atoms with Crippen molar-refractivity contribution in [1.82, 2.24) is 5.16 Å². The van der Waals surface area contributed by atoms with Crippen LogP contribution in [0.5, 0.6) is 0 Å². The van der Waals surface area contributed by atoms with Crippen LogP contribution in [0.25, 0.3) is 0 Å². The third kappa shape index (κ3) is 3.13. The largest absolute Gasteiger partial charge is 0.469 e. The highest BCUT2D eigenvalue weighted by Crippen LogP contribution is 2.75. The first-order valence-corrected chi connectivity index (χ1v) is 15.0. The number of carbonyl (C=O) groups is 3. The van der Waals surface area contributed by atoms with E-state index in [0.717, 1.165) is 56.1 Å². The number of ether oxygens (including phenoxy) is 2. The van der Waals surface area contributed by atoms with Crippen molar-refractivity contribution in [3.8, 4) is 0 Å². The van der Waals surface area contributed by atoms with Crippen LogP contribution < -0.4 is 0 Å². The number of ketones is 1. The van der Waals surface area contributed by atoms with Gasteiger partial charge in [0.05, 0.1) is 25.8 Å². The van der Waals surface area contributed by atoms with E-state index < -0.39 is 16.2 Å². The van der Waals surface area contributed by atoms with Crippen molar-refractivity contribution in [2.45, 2.75) is 98.3 Å². The Morgan fingerprint density at radius 2 is 1.62 bits per heavy atom. The summed E-state index contributed by atoms with van der Waals surface area (Å²) >= 11 is 0. The summed E-state index contributed by atoms with van der Waals surface area (Å²) < 4.78 is 16.5. The number of methoxy groups -OCH3 is 2. The van der Waals surface area contributed by atoms with Gasteiger partial charge in [0, 0.05) is 11.5 Å². The minimum absolute atomic E-state index is 0.0496. The SMILES string of the molecule is COC(=O)[C@]12CCC(C)(C)C[C@H]1[C@H]1C(=O)C=C3[C@@]4(C)Cc5cnoc5[C@](C)(C(=O)OC)[C@@H]4CC[C@@]3(C)[C@]1(C)CC2. The van der Waals surface area contributed by atoms with Crippen molar-refractivity contribution in [3.05, 3.63) is 29.2 Å². The molecule has 0 aromatic carbocycles. The summed E-state index contributed by atoms with van der Waals surface area (Å²) in [5.41, 5.74) is -0.468. The van der Waals surface area contributed by atoms with Crippen molar-refractivity contribution >= 4 is 17.7 Å². The Bertz CT molecular complexity index is 1330. The standard InChI is InChI=1S/C33H45NO6/c1-28(2)11-13-33(27(37)39-8)14-12-31(5)24(20(33)17-28)21(35)15-23-29(3)16-19-18-34-40-25(19)32(6,26(36)38-7)22(29)9-10-30(23,31)4/h15,18,20,22,24H,9-14,16-17H2,1-8H3/t20-,22+,24-,29-,30+,31+,32+,33-/m0/s1. The smallest absolute Gasteiger partial charge is 0.319 e. The summed E-state index contributed by atoms with van der Waals surface area (Å²) in [6.07, 6.45) is 10.1. The summed E-state index contributed by atoms with van der Waals surface area (Å²) in [7, 11) is 2.92. The van der Waals surface area contributed by atoms with Crippen LogP contribution in [0.4, 0.5) is 0 Å². The van der Waals surface area contributed by atoms with E-state index in [9.17, 15) is 14.4 Å². The van der Waals surface area contributed by atoms with Gasteiger partial charge in [0.2, 0.25) is 0 Å². The lowest BCUT2D eigenvalue weighted by Gasteiger charge is -2.69. The minimum Gasteiger partial charge on any atom is -0.469 e. The maximum absolute atomic E-state index is 14.6. The highest BCUT2D eigenvalue weighted by atomic mass is 16.5. The zero-order chi connectivity index (χ0) is 29.1. The number of hydrogen-bond acceptors (Lipinski definition) is 7. The van der Waals surface area contributed by atoms with E-state index in [1.54, 1.807) is 6.20 Å². The highest BCUT2D eigenvalue weighted by molar-refractivity contribution is 5.96. The van der Waals surface area contributed by atoms with Gasteiger partial charge in [0.25, 0.3) is 0 Å². The molecular formula is C33H45NO6. The van der Waals surface area contributed by atoms with Crippen molar-refractivity contribution in [2.75, 3.05) is 14.2 Å². The van der Waals surface area contributed by atoms with Crippen molar-refractivity contribution < 1.29 is 28.4 Å². The van der Waals surface area contributed by atoms with Gasteiger partial charge < -0.3 is 14.0 Å². The second-order valence-corrected chi connectivity index (χ2v) is 15.4. The number of esters is 2. The predicted molar refractivity (Wildman–Crippen MR) is 148 cm³/mol. The molecule has 1 aromatic heterocycles. The van der Waals surface area contributed by atoms with Gasteiger partial charge in [0.15, 0.2) is 11.5 Å². The Morgan fingerprint density at radius 1 is 0.950 bits per heavy atom. The van der Waals surface area contributed by atoms with E-state index in [1.165, 1.54) is 14.2 Å². The monoisotopic (exact) mass is 551 g/mol. The van der Waals surface area contributed by atoms with Gasteiger partial charge in [0.1, 0.15) is 5.41 Å². The maximum Gasteiger partial charge on any atom is 0.319 e. The summed E-state index contributed by atoms with van der Waals surface area (Å²) in [6, 6.07) is 0. The van der Waals surface area contributed by atoms with Crippen LogP contribution in [0, 0.1) is 44.8 Å². The van der Waals surface area contributed by atoms with Crippen LogP contribution in [0.1, 0.15) is 97.8 Å². The Labute approximate surface area is 237 Å². The molecule has 0 N–H and O–H groups in total. The van der Waals surface area contributed by atoms with Crippen LogP contribution in [-0.4, -0.2) is 37.1 Å². The second-order valence-electron chi connectivity index (χ2n) is 15.4. The zero-order valence-corrected chi connectivity index (χ0v) is 25.4. The average molecular weight is 552 g/mol. The van der Waals surface area contributed by atoms with E-state index in [-0.39, 0.29) is 51.7 Å².